The Balaban J connectivity index is 1.33. The number of likely N-dealkylation sites (tertiary alicyclic amines) is 1. The van der Waals surface area contributed by atoms with E-state index in [2.05, 4.69) is 9.88 Å². The summed E-state index contributed by atoms with van der Waals surface area (Å²) in [7, 11) is 0. The normalized spacial score (nSPS) is 17.6. The Morgan fingerprint density at radius 3 is 2.39 bits per heavy atom. The van der Waals surface area contributed by atoms with Crippen LogP contribution in [0.25, 0.3) is 11.3 Å². The molecule has 4 nitrogen and oxygen atoms in total. The molecule has 2 aliphatic heterocycles. The molecule has 0 N–H and O–H groups in total. The van der Waals surface area contributed by atoms with Gasteiger partial charge in [0, 0.05) is 46.3 Å². The van der Waals surface area contributed by atoms with Crippen molar-refractivity contribution in [1.82, 2.24) is 9.88 Å². The number of piperidine rings is 1. The topological polar surface area (TPSA) is 36.4 Å². The van der Waals surface area contributed by atoms with Crippen LogP contribution in [0.5, 0.6) is 0 Å². The first-order chi connectivity index (χ1) is 17.3. The van der Waals surface area contributed by atoms with Crippen LogP contribution in [0.4, 0.5) is 18.9 Å². The van der Waals surface area contributed by atoms with Crippen LogP contribution in [0, 0.1) is 0 Å². The van der Waals surface area contributed by atoms with Gasteiger partial charge in [-0.05, 0) is 69.1 Å². The van der Waals surface area contributed by atoms with Crippen molar-refractivity contribution in [2.75, 3.05) is 31.1 Å². The summed E-state index contributed by atoms with van der Waals surface area (Å²) in [4.78, 5) is 22.1. The zero-order valence-corrected chi connectivity index (χ0v) is 21.3. The second-order valence-corrected chi connectivity index (χ2v) is 10.8. The van der Waals surface area contributed by atoms with E-state index < -0.39 is 11.7 Å². The van der Waals surface area contributed by atoms with Crippen molar-refractivity contribution in [1.29, 1.82) is 0 Å². The minimum atomic E-state index is -4.53. The molecule has 3 aromatic rings. The van der Waals surface area contributed by atoms with Crippen LogP contribution < -0.4 is 4.90 Å². The van der Waals surface area contributed by atoms with Gasteiger partial charge in [-0.25, -0.2) is 4.98 Å². The van der Waals surface area contributed by atoms with Crippen LogP contribution >= 0.6 is 22.9 Å². The number of benzene rings is 2. The standard InChI is InChI=1S/C27H27ClF3N3OS/c28-21-5-3-18(4-6-21)24-17-36-26(32-24)16-25(35)19-13-20(27(29,30)31)15-23(14-19)34-11-7-22(8-12-34)33-9-1-2-10-33/h3-6,13-15,17,22H,1-2,7-12,16H2. The Morgan fingerprint density at radius 1 is 1.03 bits per heavy atom. The first-order valence-electron chi connectivity index (χ1n) is 12.2. The van der Waals surface area contributed by atoms with Gasteiger partial charge < -0.3 is 9.80 Å². The van der Waals surface area contributed by atoms with Crippen molar-refractivity contribution in [3.05, 3.63) is 69.0 Å². The number of hydrogen-bond donors (Lipinski definition) is 0. The second-order valence-electron chi connectivity index (χ2n) is 9.46. The van der Waals surface area contributed by atoms with Crippen molar-refractivity contribution in [2.45, 2.75) is 44.3 Å². The van der Waals surface area contributed by atoms with Crippen LogP contribution in [0.1, 0.15) is 46.6 Å². The molecule has 0 amide bonds. The lowest BCUT2D eigenvalue weighted by Crippen LogP contribution is -2.44. The highest BCUT2D eigenvalue weighted by molar-refractivity contribution is 7.10. The quantitative estimate of drug-likeness (QED) is 0.320. The zero-order valence-electron chi connectivity index (χ0n) is 19.7. The van der Waals surface area contributed by atoms with Gasteiger partial charge in [-0.2, -0.15) is 13.2 Å². The van der Waals surface area contributed by atoms with Gasteiger partial charge in [0.2, 0.25) is 0 Å². The van der Waals surface area contributed by atoms with Gasteiger partial charge in [-0.1, -0.05) is 23.7 Å². The van der Waals surface area contributed by atoms with Crippen LogP contribution in [-0.4, -0.2) is 47.9 Å². The molecule has 0 aliphatic carbocycles. The van der Waals surface area contributed by atoms with E-state index in [1.807, 2.05) is 22.4 Å². The molecular formula is C27H27ClF3N3OS. The fraction of sp³-hybridized carbons (Fsp3) is 0.407. The summed E-state index contributed by atoms with van der Waals surface area (Å²) in [5.41, 5.74) is 1.34. The fourth-order valence-corrected chi connectivity index (χ4v) is 6.03. The summed E-state index contributed by atoms with van der Waals surface area (Å²) >= 11 is 7.27. The number of alkyl halides is 3. The molecule has 2 aromatic carbocycles. The molecule has 0 spiro atoms. The minimum Gasteiger partial charge on any atom is -0.371 e. The van der Waals surface area contributed by atoms with Crippen molar-refractivity contribution in [3.63, 3.8) is 0 Å². The Morgan fingerprint density at radius 2 is 1.72 bits per heavy atom. The summed E-state index contributed by atoms with van der Waals surface area (Å²) < 4.78 is 41.2. The first kappa shape index (κ1) is 25.2. The molecule has 2 saturated heterocycles. The molecule has 0 saturated carbocycles. The molecule has 0 radical (unpaired) electrons. The van der Waals surface area contributed by atoms with E-state index >= 15 is 0 Å². The van der Waals surface area contributed by atoms with Crippen molar-refractivity contribution < 1.29 is 18.0 Å². The molecule has 5 rings (SSSR count). The van der Waals surface area contributed by atoms with Crippen molar-refractivity contribution >= 4 is 34.4 Å². The number of thiazole rings is 1. The summed E-state index contributed by atoms with van der Waals surface area (Å²) in [6.45, 7) is 3.60. The smallest absolute Gasteiger partial charge is 0.371 e. The van der Waals surface area contributed by atoms with Gasteiger partial charge in [0.1, 0.15) is 5.01 Å². The Labute approximate surface area is 217 Å². The molecule has 9 heteroatoms. The summed E-state index contributed by atoms with van der Waals surface area (Å²) in [5, 5.41) is 3.02. The van der Waals surface area contributed by atoms with Crippen molar-refractivity contribution in [2.24, 2.45) is 0 Å². The average Bonchev–Trinajstić information content (AvgIpc) is 3.57. The number of hydrogen-bond acceptors (Lipinski definition) is 5. The Hall–Kier alpha value is -2.42. The van der Waals surface area contributed by atoms with E-state index in [0.717, 1.165) is 37.6 Å². The maximum absolute atomic E-state index is 13.7. The van der Waals surface area contributed by atoms with Gasteiger partial charge in [0.25, 0.3) is 0 Å². The van der Waals surface area contributed by atoms with Gasteiger partial charge in [0.15, 0.2) is 5.78 Å². The number of carbonyl (C=O) groups is 1. The van der Waals surface area contributed by atoms with Gasteiger partial charge in [0.05, 0.1) is 17.7 Å². The minimum absolute atomic E-state index is 0.0456. The molecule has 0 atom stereocenters. The molecule has 0 unspecified atom stereocenters. The lowest BCUT2D eigenvalue weighted by atomic mass is 9.99. The highest BCUT2D eigenvalue weighted by Gasteiger charge is 2.33. The summed E-state index contributed by atoms with van der Waals surface area (Å²) in [6, 6.07) is 11.5. The summed E-state index contributed by atoms with van der Waals surface area (Å²) in [6.07, 6.45) is -0.282. The second kappa shape index (κ2) is 10.5. The fourth-order valence-electron chi connectivity index (χ4n) is 5.10. The number of halogens is 4. The predicted molar refractivity (Wildman–Crippen MR) is 138 cm³/mol. The number of anilines is 1. The number of rotatable bonds is 6. The molecule has 3 heterocycles. The molecule has 0 bridgehead atoms. The lowest BCUT2D eigenvalue weighted by molar-refractivity contribution is -0.137. The van der Waals surface area contributed by atoms with E-state index in [1.54, 1.807) is 18.2 Å². The SMILES string of the molecule is O=C(Cc1nc(-c2ccc(Cl)cc2)cs1)c1cc(N2CCC(N3CCCC3)CC2)cc(C(F)(F)F)c1. The number of nitrogens with zero attached hydrogens (tertiary/aromatic N) is 3. The van der Waals surface area contributed by atoms with Gasteiger partial charge in [-0.15, -0.1) is 11.3 Å². The van der Waals surface area contributed by atoms with Gasteiger partial charge in [-0.3, -0.25) is 4.79 Å². The molecule has 1 aromatic heterocycles. The van der Waals surface area contributed by atoms with E-state index in [-0.39, 0.29) is 17.8 Å². The average molecular weight is 534 g/mol. The zero-order chi connectivity index (χ0) is 25.3. The predicted octanol–water partition coefficient (Wildman–Crippen LogP) is 6.97. The Bertz CT molecular complexity index is 1210. The van der Waals surface area contributed by atoms with Crippen LogP contribution in [-0.2, 0) is 12.6 Å². The third kappa shape index (κ3) is 5.76. The van der Waals surface area contributed by atoms with Crippen LogP contribution in [0.15, 0.2) is 47.8 Å². The van der Waals surface area contributed by atoms with Crippen molar-refractivity contribution in [3.8, 4) is 11.3 Å². The highest BCUT2D eigenvalue weighted by atomic mass is 35.5. The number of Topliss-reactive ketones (excluding diaryl/α,β-unsaturated/α-hetero) is 1. The third-order valence-corrected chi connectivity index (χ3v) is 8.16. The monoisotopic (exact) mass is 533 g/mol. The number of aromatic nitrogens is 1. The van der Waals surface area contributed by atoms with Crippen LogP contribution in [0.2, 0.25) is 5.02 Å². The van der Waals surface area contributed by atoms with Crippen LogP contribution in [0.3, 0.4) is 0 Å². The molecule has 36 heavy (non-hydrogen) atoms. The Kier molecular flexibility index (Phi) is 7.37. The van der Waals surface area contributed by atoms with E-state index in [4.69, 9.17) is 11.6 Å². The van der Waals surface area contributed by atoms with E-state index in [9.17, 15) is 18.0 Å². The molecule has 2 aliphatic rings. The molecule has 2 fully saturated rings. The summed E-state index contributed by atoms with van der Waals surface area (Å²) in [5.74, 6) is -0.369. The first-order valence-corrected chi connectivity index (χ1v) is 13.5. The number of carbonyl (C=O) groups excluding carboxylic acids is 1. The third-order valence-electron chi connectivity index (χ3n) is 7.06. The highest BCUT2D eigenvalue weighted by Crippen LogP contribution is 2.35. The maximum atomic E-state index is 13.7. The molecular weight excluding hydrogens is 507 g/mol. The van der Waals surface area contributed by atoms with Gasteiger partial charge >= 0.3 is 6.18 Å². The lowest BCUT2D eigenvalue weighted by Gasteiger charge is -2.38. The largest absolute Gasteiger partial charge is 0.416 e. The number of ketones is 1. The van der Waals surface area contributed by atoms with E-state index in [1.165, 1.54) is 30.2 Å². The van der Waals surface area contributed by atoms with E-state index in [0.29, 0.717) is 40.5 Å². The molecule has 190 valence electrons. The maximum Gasteiger partial charge on any atom is 0.416 e.